The number of alkyl halides is 3. The number of hydrogen-bond acceptors (Lipinski definition) is 4. The zero-order valence-corrected chi connectivity index (χ0v) is 10.8. The van der Waals surface area contributed by atoms with Gasteiger partial charge in [-0.15, -0.1) is 0 Å². The quantitative estimate of drug-likeness (QED) is 0.889. The number of nitrogens with zero attached hydrogens (tertiary/aromatic N) is 2. The number of carboxylic acids is 1. The number of nitrogens with two attached hydrogens (primary N) is 1. The van der Waals surface area contributed by atoms with E-state index in [1.807, 2.05) is 0 Å². The van der Waals surface area contributed by atoms with Crippen LogP contribution in [-0.2, 0) is 6.18 Å². The lowest BCUT2D eigenvalue weighted by atomic mass is 10.0. The average Bonchev–Trinajstić information content (AvgIpc) is 2.38. The van der Waals surface area contributed by atoms with Crippen LogP contribution in [0.1, 0.15) is 21.7 Å². The molecule has 0 aliphatic heterocycles. The Labute approximate surface area is 117 Å². The largest absolute Gasteiger partial charge is 0.476 e. The van der Waals surface area contributed by atoms with Crippen molar-refractivity contribution < 1.29 is 23.1 Å². The molecule has 2 aromatic rings. The lowest BCUT2D eigenvalue weighted by Crippen LogP contribution is -2.14. The Morgan fingerprint density at radius 2 is 2.00 bits per heavy atom. The van der Waals surface area contributed by atoms with Gasteiger partial charge in [-0.25, -0.2) is 9.78 Å². The average molecular weight is 297 g/mol. The number of aromatic nitrogens is 2. The Morgan fingerprint density at radius 1 is 1.33 bits per heavy atom. The first-order chi connectivity index (χ1) is 9.70. The molecule has 5 nitrogen and oxygen atoms in total. The summed E-state index contributed by atoms with van der Waals surface area (Å²) < 4.78 is 39.2. The molecular weight excluding hydrogens is 287 g/mol. The summed E-state index contributed by atoms with van der Waals surface area (Å²) in [7, 11) is 0. The molecule has 0 aliphatic carbocycles. The van der Waals surface area contributed by atoms with E-state index >= 15 is 0 Å². The van der Waals surface area contributed by atoms with Crippen LogP contribution >= 0.6 is 0 Å². The third-order valence-corrected chi connectivity index (χ3v) is 2.74. The van der Waals surface area contributed by atoms with E-state index in [-0.39, 0.29) is 5.56 Å². The number of pyridine rings is 2. The monoisotopic (exact) mass is 297 g/mol. The highest BCUT2D eigenvalue weighted by atomic mass is 19.4. The molecule has 0 fully saturated rings. The van der Waals surface area contributed by atoms with Crippen molar-refractivity contribution in [1.29, 1.82) is 0 Å². The molecule has 0 saturated carbocycles. The summed E-state index contributed by atoms with van der Waals surface area (Å²) in [5.74, 6) is -1.50. The molecule has 2 heterocycles. The molecule has 0 spiro atoms. The maximum absolute atomic E-state index is 13.1. The normalized spacial score (nSPS) is 11.4. The molecule has 0 amide bonds. The van der Waals surface area contributed by atoms with E-state index in [0.29, 0.717) is 11.8 Å². The van der Waals surface area contributed by atoms with E-state index in [2.05, 4.69) is 9.97 Å². The smallest absolute Gasteiger partial charge is 0.418 e. The topological polar surface area (TPSA) is 89.1 Å². The van der Waals surface area contributed by atoms with Gasteiger partial charge < -0.3 is 10.8 Å². The second kappa shape index (κ2) is 5.04. The zero-order chi connectivity index (χ0) is 15.8. The van der Waals surface area contributed by atoms with Gasteiger partial charge >= 0.3 is 12.1 Å². The van der Waals surface area contributed by atoms with Gasteiger partial charge in [0.15, 0.2) is 5.69 Å². The lowest BCUT2D eigenvalue weighted by molar-refractivity contribution is -0.137. The van der Waals surface area contributed by atoms with E-state index in [1.54, 1.807) is 6.92 Å². The molecule has 0 saturated heterocycles. The molecular formula is C13H10F3N3O2. The third-order valence-electron chi connectivity index (χ3n) is 2.74. The number of anilines is 1. The second-order valence-corrected chi connectivity index (χ2v) is 4.31. The molecule has 3 N–H and O–H groups in total. The number of rotatable bonds is 2. The van der Waals surface area contributed by atoms with E-state index in [9.17, 15) is 18.0 Å². The Kier molecular flexibility index (Phi) is 3.54. The Bertz CT molecular complexity index is 697. The standard InChI is InChI=1S/C13H10F3N3O2/c1-6-2-3-7(5-18-6)10-8(13(14,15)16)4-9(17)11(19-10)12(20)21/h2-5H,17H2,1H3,(H,20,21). The van der Waals surface area contributed by atoms with Gasteiger partial charge in [-0.3, -0.25) is 4.98 Å². The lowest BCUT2D eigenvalue weighted by Gasteiger charge is -2.14. The highest BCUT2D eigenvalue weighted by Crippen LogP contribution is 2.37. The molecule has 8 heteroatoms. The Hall–Kier alpha value is -2.64. The summed E-state index contributed by atoms with van der Waals surface area (Å²) in [6, 6.07) is 3.47. The number of aryl methyl sites for hydroxylation is 1. The van der Waals surface area contributed by atoms with Crippen molar-refractivity contribution in [2.45, 2.75) is 13.1 Å². The summed E-state index contributed by atoms with van der Waals surface area (Å²) in [4.78, 5) is 18.4. The van der Waals surface area contributed by atoms with Crippen molar-refractivity contribution >= 4 is 11.7 Å². The first-order valence-corrected chi connectivity index (χ1v) is 5.74. The number of carbonyl (C=O) groups is 1. The van der Waals surface area contributed by atoms with Gasteiger partial charge in [-0.1, -0.05) is 0 Å². The summed E-state index contributed by atoms with van der Waals surface area (Å²) in [6.45, 7) is 1.67. The molecule has 0 aliphatic rings. The molecule has 21 heavy (non-hydrogen) atoms. The fourth-order valence-corrected chi connectivity index (χ4v) is 1.74. The van der Waals surface area contributed by atoms with E-state index in [1.165, 1.54) is 18.3 Å². The van der Waals surface area contributed by atoms with Crippen LogP contribution in [0.25, 0.3) is 11.3 Å². The number of hydrogen-bond donors (Lipinski definition) is 2. The Morgan fingerprint density at radius 3 is 2.48 bits per heavy atom. The highest BCUT2D eigenvalue weighted by Gasteiger charge is 2.36. The van der Waals surface area contributed by atoms with Gasteiger partial charge in [0.25, 0.3) is 0 Å². The molecule has 0 unspecified atom stereocenters. The molecule has 2 rings (SSSR count). The predicted octanol–water partition coefficient (Wildman–Crippen LogP) is 2.75. The van der Waals surface area contributed by atoms with Crippen molar-refractivity contribution in [3.63, 3.8) is 0 Å². The van der Waals surface area contributed by atoms with Gasteiger partial charge in [0.1, 0.15) is 0 Å². The van der Waals surface area contributed by atoms with Crippen molar-refractivity contribution in [1.82, 2.24) is 9.97 Å². The van der Waals surface area contributed by atoms with Crippen LogP contribution in [0, 0.1) is 6.92 Å². The molecule has 2 aromatic heterocycles. The fraction of sp³-hybridized carbons (Fsp3) is 0.154. The van der Waals surface area contributed by atoms with Crippen LogP contribution in [0.5, 0.6) is 0 Å². The van der Waals surface area contributed by atoms with E-state index < -0.39 is 34.8 Å². The second-order valence-electron chi connectivity index (χ2n) is 4.31. The SMILES string of the molecule is Cc1ccc(-c2nc(C(=O)O)c(N)cc2C(F)(F)F)cn1. The minimum atomic E-state index is -4.71. The first kappa shape index (κ1) is 14.8. The summed E-state index contributed by atoms with van der Waals surface area (Å²) in [5.41, 5.74) is 3.23. The maximum atomic E-state index is 13.1. The molecule has 0 atom stereocenters. The molecule has 110 valence electrons. The molecule has 0 bridgehead atoms. The van der Waals surface area contributed by atoms with Gasteiger partial charge in [0, 0.05) is 17.5 Å². The maximum Gasteiger partial charge on any atom is 0.418 e. The number of nitrogen functional groups attached to an aromatic ring is 1. The number of carboxylic acid groups (broad SMARTS) is 1. The Balaban J connectivity index is 2.74. The van der Waals surface area contributed by atoms with Crippen LogP contribution in [-0.4, -0.2) is 21.0 Å². The van der Waals surface area contributed by atoms with E-state index in [0.717, 1.165) is 0 Å². The minimum Gasteiger partial charge on any atom is -0.476 e. The fourth-order valence-electron chi connectivity index (χ4n) is 1.74. The summed E-state index contributed by atoms with van der Waals surface area (Å²) >= 11 is 0. The van der Waals surface area contributed by atoms with Gasteiger partial charge in [-0.2, -0.15) is 13.2 Å². The molecule has 0 radical (unpaired) electrons. The van der Waals surface area contributed by atoms with Crippen molar-refractivity contribution in [2.75, 3.05) is 5.73 Å². The predicted molar refractivity (Wildman–Crippen MR) is 68.6 cm³/mol. The summed E-state index contributed by atoms with van der Waals surface area (Å²) in [5, 5.41) is 8.94. The number of halogens is 3. The minimum absolute atomic E-state index is 0.0652. The zero-order valence-electron chi connectivity index (χ0n) is 10.8. The molecule has 0 aromatic carbocycles. The third kappa shape index (κ3) is 2.93. The van der Waals surface area contributed by atoms with Crippen molar-refractivity contribution in [3.05, 3.63) is 41.3 Å². The van der Waals surface area contributed by atoms with Crippen molar-refractivity contribution in [2.24, 2.45) is 0 Å². The van der Waals surface area contributed by atoms with Gasteiger partial charge in [0.05, 0.1) is 16.9 Å². The van der Waals surface area contributed by atoms with E-state index in [4.69, 9.17) is 10.8 Å². The first-order valence-electron chi connectivity index (χ1n) is 5.74. The summed E-state index contributed by atoms with van der Waals surface area (Å²) in [6.07, 6.45) is -3.51. The van der Waals surface area contributed by atoms with Crippen LogP contribution in [0.3, 0.4) is 0 Å². The van der Waals surface area contributed by atoms with Crippen LogP contribution in [0.15, 0.2) is 24.4 Å². The van der Waals surface area contributed by atoms with Gasteiger partial charge in [0.2, 0.25) is 0 Å². The highest BCUT2D eigenvalue weighted by molar-refractivity contribution is 5.92. The van der Waals surface area contributed by atoms with Crippen LogP contribution in [0.4, 0.5) is 18.9 Å². The van der Waals surface area contributed by atoms with Crippen LogP contribution in [0.2, 0.25) is 0 Å². The van der Waals surface area contributed by atoms with Crippen molar-refractivity contribution in [3.8, 4) is 11.3 Å². The van der Waals surface area contributed by atoms with Gasteiger partial charge in [-0.05, 0) is 25.1 Å². The van der Waals surface area contributed by atoms with Crippen LogP contribution < -0.4 is 5.73 Å². The number of aromatic carboxylic acids is 1.